The quantitative estimate of drug-likeness (QED) is 0.749. The Hall–Kier alpha value is -3.03. The Morgan fingerprint density at radius 3 is 2.56 bits per heavy atom. The number of allylic oxidation sites excluding steroid dienone is 1. The minimum Gasteiger partial charge on any atom is -0.466 e. The van der Waals surface area contributed by atoms with Gasteiger partial charge in [-0.05, 0) is 31.7 Å². The Bertz CT molecular complexity index is 876. The average Bonchev–Trinajstić information content (AvgIpc) is 3.09. The second-order valence-electron chi connectivity index (χ2n) is 6.25. The third kappa shape index (κ3) is 3.89. The van der Waals surface area contributed by atoms with Gasteiger partial charge in [0.25, 0.3) is 5.95 Å². The lowest BCUT2D eigenvalue weighted by Gasteiger charge is -2.19. The fourth-order valence-electron chi connectivity index (χ4n) is 3.09. The van der Waals surface area contributed by atoms with Gasteiger partial charge in [0.15, 0.2) is 0 Å². The molecule has 0 radical (unpaired) electrons. The van der Waals surface area contributed by atoms with Crippen LogP contribution in [0.5, 0.6) is 0 Å². The molecule has 142 valence electrons. The monoisotopic (exact) mass is 373 g/mol. The van der Waals surface area contributed by atoms with Crippen LogP contribution >= 0.6 is 0 Å². The summed E-state index contributed by atoms with van der Waals surface area (Å²) in [4.78, 5) is 24.6. The summed E-state index contributed by atoms with van der Waals surface area (Å²) in [5.41, 5.74) is 0.768. The van der Waals surface area contributed by atoms with E-state index in [1.54, 1.807) is 6.92 Å². The van der Waals surface area contributed by atoms with Crippen molar-refractivity contribution in [2.75, 3.05) is 7.11 Å². The molecule has 0 N–H and O–H groups in total. The molecule has 0 fully saturated rings. The molecule has 1 aliphatic carbocycles. The first kappa shape index (κ1) is 18.8. The lowest BCUT2D eigenvalue weighted by molar-refractivity contribution is -0.136. The van der Waals surface area contributed by atoms with Gasteiger partial charge in [0.05, 0.1) is 18.7 Å². The van der Waals surface area contributed by atoms with Gasteiger partial charge in [0.1, 0.15) is 5.76 Å². The van der Waals surface area contributed by atoms with E-state index in [-0.39, 0.29) is 11.5 Å². The van der Waals surface area contributed by atoms with Gasteiger partial charge in [-0.3, -0.25) is 0 Å². The van der Waals surface area contributed by atoms with Gasteiger partial charge in [0.2, 0.25) is 5.69 Å². The number of hydrogen-bond acceptors (Lipinski definition) is 6. The van der Waals surface area contributed by atoms with Crippen LogP contribution in [0, 0.1) is 5.95 Å². The smallest absolute Gasteiger partial charge is 0.366 e. The fourth-order valence-corrected chi connectivity index (χ4v) is 3.09. The van der Waals surface area contributed by atoms with E-state index >= 15 is 0 Å². The molecular formula is C19H20FN3O4. The number of carbonyl (C=O) groups excluding carboxylic acids is 2. The number of esters is 2. The SMILES string of the molecule is COC(=O)C1=C(OC(=O)c2c(F)nnn2[C@H](C)c2ccccc2)CCCC1. The highest BCUT2D eigenvalue weighted by molar-refractivity contribution is 5.92. The summed E-state index contributed by atoms with van der Waals surface area (Å²) in [6.45, 7) is 1.78. The zero-order valence-corrected chi connectivity index (χ0v) is 15.1. The Labute approximate surface area is 155 Å². The summed E-state index contributed by atoms with van der Waals surface area (Å²) in [5.74, 6) is -2.27. The van der Waals surface area contributed by atoms with Crippen molar-refractivity contribution in [3.63, 3.8) is 0 Å². The predicted molar refractivity (Wildman–Crippen MR) is 93.2 cm³/mol. The van der Waals surface area contributed by atoms with E-state index in [0.717, 1.165) is 18.4 Å². The van der Waals surface area contributed by atoms with Gasteiger partial charge in [-0.1, -0.05) is 40.6 Å². The number of hydrogen-bond donors (Lipinski definition) is 0. The molecule has 0 saturated heterocycles. The molecule has 1 aliphatic rings. The number of benzene rings is 1. The third-order valence-corrected chi connectivity index (χ3v) is 4.56. The first-order valence-corrected chi connectivity index (χ1v) is 8.71. The predicted octanol–water partition coefficient (Wildman–Crippen LogP) is 3.18. The van der Waals surface area contributed by atoms with Crippen LogP contribution in [0.4, 0.5) is 4.39 Å². The van der Waals surface area contributed by atoms with Crippen molar-refractivity contribution in [3.05, 3.63) is 58.9 Å². The highest BCUT2D eigenvalue weighted by Crippen LogP contribution is 2.28. The third-order valence-electron chi connectivity index (χ3n) is 4.56. The van der Waals surface area contributed by atoms with E-state index in [2.05, 4.69) is 10.3 Å². The lowest BCUT2D eigenvalue weighted by atomic mass is 9.98. The molecule has 0 spiro atoms. The van der Waals surface area contributed by atoms with Crippen LogP contribution < -0.4 is 0 Å². The van der Waals surface area contributed by atoms with E-state index in [4.69, 9.17) is 9.47 Å². The molecule has 27 heavy (non-hydrogen) atoms. The van der Waals surface area contributed by atoms with Crippen LogP contribution in [0.3, 0.4) is 0 Å². The van der Waals surface area contributed by atoms with Crippen LogP contribution in [0.25, 0.3) is 0 Å². The number of halogens is 1. The Kier molecular flexibility index (Phi) is 5.63. The summed E-state index contributed by atoms with van der Waals surface area (Å²) >= 11 is 0. The van der Waals surface area contributed by atoms with Crippen LogP contribution in [-0.4, -0.2) is 34.0 Å². The summed E-state index contributed by atoms with van der Waals surface area (Å²) in [6, 6.07) is 8.80. The molecule has 1 atom stereocenters. The van der Waals surface area contributed by atoms with Gasteiger partial charge in [-0.15, -0.1) is 0 Å². The molecule has 0 amide bonds. The maximum atomic E-state index is 14.2. The molecule has 0 bridgehead atoms. The van der Waals surface area contributed by atoms with Crippen molar-refractivity contribution < 1.29 is 23.5 Å². The molecule has 8 heteroatoms. The normalized spacial score (nSPS) is 15.4. The highest BCUT2D eigenvalue weighted by Gasteiger charge is 2.29. The topological polar surface area (TPSA) is 83.3 Å². The van der Waals surface area contributed by atoms with E-state index < -0.39 is 23.9 Å². The summed E-state index contributed by atoms with van der Waals surface area (Å²) in [5, 5.41) is 7.15. The van der Waals surface area contributed by atoms with E-state index in [1.807, 2.05) is 30.3 Å². The molecule has 0 saturated carbocycles. The lowest BCUT2D eigenvalue weighted by Crippen LogP contribution is -2.20. The van der Waals surface area contributed by atoms with Crippen molar-refractivity contribution in [1.82, 2.24) is 15.0 Å². The van der Waals surface area contributed by atoms with Gasteiger partial charge < -0.3 is 9.47 Å². The van der Waals surface area contributed by atoms with Crippen LogP contribution in [0.2, 0.25) is 0 Å². The van der Waals surface area contributed by atoms with Crippen molar-refractivity contribution in [1.29, 1.82) is 0 Å². The highest BCUT2D eigenvalue weighted by atomic mass is 19.1. The number of methoxy groups -OCH3 is 1. The maximum Gasteiger partial charge on any atom is 0.366 e. The first-order chi connectivity index (χ1) is 13.0. The minimum atomic E-state index is -1.01. The number of ether oxygens (including phenoxy) is 2. The van der Waals surface area contributed by atoms with Crippen molar-refractivity contribution in [2.24, 2.45) is 0 Å². The Balaban J connectivity index is 1.90. The molecular weight excluding hydrogens is 353 g/mol. The van der Waals surface area contributed by atoms with Gasteiger partial charge in [-0.25, -0.2) is 14.3 Å². The van der Waals surface area contributed by atoms with Gasteiger partial charge in [-0.2, -0.15) is 4.39 Å². The first-order valence-electron chi connectivity index (χ1n) is 8.71. The summed E-state index contributed by atoms with van der Waals surface area (Å²) < 4.78 is 25.5. The number of aromatic nitrogens is 3. The van der Waals surface area contributed by atoms with Crippen LogP contribution in [-0.2, 0) is 14.3 Å². The molecule has 1 aromatic carbocycles. The zero-order valence-electron chi connectivity index (χ0n) is 15.1. The number of carbonyl (C=O) groups is 2. The van der Waals surface area contributed by atoms with Crippen LogP contribution in [0.15, 0.2) is 41.7 Å². The Morgan fingerprint density at radius 1 is 1.15 bits per heavy atom. The largest absolute Gasteiger partial charge is 0.466 e. The molecule has 1 heterocycles. The molecule has 3 rings (SSSR count). The maximum absolute atomic E-state index is 14.2. The molecule has 2 aromatic rings. The second-order valence-corrected chi connectivity index (χ2v) is 6.25. The van der Waals surface area contributed by atoms with E-state index in [9.17, 15) is 14.0 Å². The van der Waals surface area contributed by atoms with Gasteiger partial charge >= 0.3 is 11.9 Å². The molecule has 0 unspecified atom stereocenters. The van der Waals surface area contributed by atoms with Crippen molar-refractivity contribution in [2.45, 2.75) is 38.6 Å². The van der Waals surface area contributed by atoms with Crippen molar-refractivity contribution >= 4 is 11.9 Å². The fraction of sp³-hybridized carbons (Fsp3) is 0.368. The summed E-state index contributed by atoms with van der Waals surface area (Å²) in [7, 11) is 1.27. The van der Waals surface area contributed by atoms with Gasteiger partial charge in [0, 0.05) is 6.42 Å². The molecule has 7 nitrogen and oxygen atoms in total. The number of rotatable bonds is 5. The standard InChI is InChI=1S/C19H20FN3O4/c1-12(13-8-4-3-5-9-13)23-16(17(20)21-22-23)19(25)27-15-11-7-6-10-14(15)18(24)26-2/h3-5,8-9,12H,6-7,10-11H2,1-2H3/t12-/m1/s1. The molecule has 0 aliphatic heterocycles. The summed E-state index contributed by atoms with van der Waals surface area (Å²) in [6.07, 6.45) is 2.43. The zero-order chi connectivity index (χ0) is 19.4. The van der Waals surface area contributed by atoms with Crippen LogP contribution in [0.1, 0.15) is 54.7 Å². The second kappa shape index (κ2) is 8.11. The Morgan fingerprint density at radius 2 is 1.85 bits per heavy atom. The van der Waals surface area contributed by atoms with Crippen molar-refractivity contribution in [3.8, 4) is 0 Å². The minimum absolute atomic E-state index is 0.220. The molecule has 1 aromatic heterocycles. The number of nitrogens with zero attached hydrogens (tertiary/aromatic N) is 3. The van der Waals surface area contributed by atoms with E-state index in [1.165, 1.54) is 11.8 Å². The van der Waals surface area contributed by atoms with E-state index in [0.29, 0.717) is 18.4 Å². The average molecular weight is 373 g/mol.